The molecule has 1 aromatic heterocycles. The molecule has 3 N–H and O–H groups in total. The summed E-state index contributed by atoms with van der Waals surface area (Å²) >= 11 is 1.60. The number of thiophene rings is 1. The Morgan fingerprint density at radius 1 is 1.45 bits per heavy atom. The van der Waals surface area contributed by atoms with E-state index in [2.05, 4.69) is 5.32 Å². The number of halogens is 1. The van der Waals surface area contributed by atoms with E-state index >= 15 is 0 Å². The summed E-state index contributed by atoms with van der Waals surface area (Å²) in [6.07, 6.45) is 0. The summed E-state index contributed by atoms with van der Waals surface area (Å²) in [5, 5.41) is 4.54. The maximum absolute atomic E-state index is 11.8. The lowest BCUT2D eigenvalue weighted by atomic mass is 10.1. The molecule has 7 heteroatoms. The Labute approximate surface area is 129 Å². The Kier molecular flexibility index (Phi) is 8.45. The number of carbonyl (C=O) groups excluding carboxylic acids is 2. The third-order valence-electron chi connectivity index (χ3n) is 2.83. The average molecular weight is 320 g/mol. The van der Waals surface area contributed by atoms with Crippen molar-refractivity contribution in [1.29, 1.82) is 0 Å². The van der Waals surface area contributed by atoms with Gasteiger partial charge >= 0.3 is 0 Å². The fraction of sp³-hybridized carbons (Fsp3) is 0.538. The van der Waals surface area contributed by atoms with Gasteiger partial charge in [-0.15, -0.1) is 23.7 Å². The van der Waals surface area contributed by atoms with Crippen LogP contribution in [0.25, 0.3) is 0 Å². The molecular weight excluding hydrogens is 298 g/mol. The average Bonchev–Trinajstić information content (AvgIpc) is 2.86. The first kappa shape index (κ1) is 18.9. The molecule has 0 saturated carbocycles. The Hall–Kier alpha value is -1.11. The third-order valence-corrected chi connectivity index (χ3v) is 3.69. The van der Waals surface area contributed by atoms with Gasteiger partial charge in [0.2, 0.25) is 11.8 Å². The zero-order valence-electron chi connectivity index (χ0n) is 12.0. The normalized spacial score (nSPS) is 11.7. The zero-order chi connectivity index (χ0) is 14.4. The SMILES string of the molecule is CC(C)[C@H](N)C(=O)NCC(=O)N(C)Cc1cccs1.Cl. The van der Waals surface area contributed by atoms with Crippen molar-refractivity contribution in [2.75, 3.05) is 13.6 Å². The quantitative estimate of drug-likeness (QED) is 0.828. The number of nitrogens with zero attached hydrogens (tertiary/aromatic N) is 1. The van der Waals surface area contributed by atoms with Crippen molar-refractivity contribution < 1.29 is 9.59 Å². The highest BCUT2D eigenvalue weighted by Gasteiger charge is 2.18. The summed E-state index contributed by atoms with van der Waals surface area (Å²) < 4.78 is 0. The van der Waals surface area contributed by atoms with Crippen LogP contribution in [0.1, 0.15) is 18.7 Å². The lowest BCUT2D eigenvalue weighted by Gasteiger charge is -2.19. The van der Waals surface area contributed by atoms with Crippen molar-refractivity contribution in [3.8, 4) is 0 Å². The molecule has 0 saturated heterocycles. The number of carbonyl (C=O) groups is 2. The van der Waals surface area contributed by atoms with E-state index in [1.807, 2.05) is 31.4 Å². The second kappa shape index (κ2) is 8.94. The standard InChI is InChI=1S/C13H21N3O2S.ClH/c1-9(2)12(14)13(18)15-7-11(17)16(3)8-10-5-4-6-19-10;/h4-6,9,12H,7-8,14H2,1-3H3,(H,15,18);1H/t12-;/m0./s1. The zero-order valence-corrected chi connectivity index (χ0v) is 13.6. The van der Waals surface area contributed by atoms with Crippen LogP contribution in [0.3, 0.4) is 0 Å². The molecule has 0 aliphatic heterocycles. The predicted octanol–water partition coefficient (Wildman–Crippen LogP) is 1.23. The lowest BCUT2D eigenvalue weighted by Crippen LogP contribution is -2.47. The maximum atomic E-state index is 11.8. The van der Waals surface area contributed by atoms with E-state index in [9.17, 15) is 9.59 Å². The van der Waals surface area contributed by atoms with Gasteiger partial charge in [0, 0.05) is 11.9 Å². The first-order valence-corrected chi connectivity index (χ1v) is 7.09. The first-order chi connectivity index (χ1) is 8.91. The molecule has 20 heavy (non-hydrogen) atoms. The molecule has 0 unspecified atom stereocenters. The van der Waals surface area contributed by atoms with Crippen LogP contribution >= 0.6 is 23.7 Å². The van der Waals surface area contributed by atoms with E-state index in [1.54, 1.807) is 23.3 Å². The first-order valence-electron chi connectivity index (χ1n) is 6.21. The molecule has 1 aromatic rings. The summed E-state index contributed by atoms with van der Waals surface area (Å²) in [5.74, 6) is -0.357. The molecule has 0 aliphatic rings. The van der Waals surface area contributed by atoms with Gasteiger partial charge < -0.3 is 16.0 Å². The second-order valence-corrected chi connectivity index (χ2v) is 5.85. The number of likely N-dealkylation sites (N-methyl/N-ethyl adjacent to an activating group) is 1. The van der Waals surface area contributed by atoms with Crippen molar-refractivity contribution in [2.24, 2.45) is 11.7 Å². The van der Waals surface area contributed by atoms with E-state index in [4.69, 9.17) is 5.73 Å². The minimum Gasteiger partial charge on any atom is -0.346 e. The largest absolute Gasteiger partial charge is 0.346 e. The summed E-state index contributed by atoms with van der Waals surface area (Å²) in [5.41, 5.74) is 5.70. The Morgan fingerprint density at radius 2 is 2.10 bits per heavy atom. The number of rotatable bonds is 6. The number of hydrogen-bond acceptors (Lipinski definition) is 4. The smallest absolute Gasteiger partial charge is 0.242 e. The molecule has 5 nitrogen and oxygen atoms in total. The number of hydrogen-bond donors (Lipinski definition) is 2. The van der Waals surface area contributed by atoms with Crippen LogP contribution in [0.5, 0.6) is 0 Å². The van der Waals surface area contributed by atoms with Gasteiger partial charge in [-0.05, 0) is 17.4 Å². The van der Waals surface area contributed by atoms with Crippen molar-refractivity contribution >= 4 is 35.6 Å². The van der Waals surface area contributed by atoms with Crippen LogP contribution in [-0.4, -0.2) is 36.3 Å². The molecule has 2 amide bonds. The molecule has 1 rings (SSSR count). The van der Waals surface area contributed by atoms with Gasteiger partial charge in [-0.25, -0.2) is 0 Å². The van der Waals surface area contributed by atoms with Crippen LogP contribution < -0.4 is 11.1 Å². The summed E-state index contributed by atoms with van der Waals surface area (Å²) in [4.78, 5) is 26.2. The van der Waals surface area contributed by atoms with E-state index in [0.29, 0.717) is 6.54 Å². The second-order valence-electron chi connectivity index (χ2n) is 4.82. The maximum Gasteiger partial charge on any atom is 0.242 e. The predicted molar refractivity (Wildman–Crippen MR) is 83.9 cm³/mol. The van der Waals surface area contributed by atoms with E-state index in [1.165, 1.54) is 0 Å². The van der Waals surface area contributed by atoms with Crippen LogP contribution in [0.15, 0.2) is 17.5 Å². The third kappa shape index (κ3) is 5.90. The van der Waals surface area contributed by atoms with Crippen LogP contribution in [0.2, 0.25) is 0 Å². The van der Waals surface area contributed by atoms with Crippen molar-refractivity contribution in [2.45, 2.75) is 26.4 Å². The number of nitrogens with two attached hydrogens (primary N) is 1. The minimum atomic E-state index is -0.574. The fourth-order valence-corrected chi connectivity index (χ4v) is 2.20. The van der Waals surface area contributed by atoms with Gasteiger partial charge in [0.05, 0.1) is 19.1 Å². The molecule has 114 valence electrons. The van der Waals surface area contributed by atoms with E-state index < -0.39 is 6.04 Å². The molecule has 0 fully saturated rings. The monoisotopic (exact) mass is 319 g/mol. The highest BCUT2D eigenvalue weighted by atomic mass is 35.5. The van der Waals surface area contributed by atoms with E-state index in [0.717, 1.165) is 4.88 Å². The highest BCUT2D eigenvalue weighted by molar-refractivity contribution is 7.09. The lowest BCUT2D eigenvalue weighted by molar-refractivity contribution is -0.132. The highest BCUT2D eigenvalue weighted by Crippen LogP contribution is 2.10. The topological polar surface area (TPSA) is 75.4 Å². The van der Waals surface area contributed by atoms with Gasteiger partial charge in [-0.3, -0.25) is 9.59 Å². The number of amides is 2. The molecular formula is C13H22ClN3O2S. The van der Waals surface area contributed by atoms with Gasteiger partial charge in [0.25, 0.3) is 0 Å². The summed E-state index contributed by atoms with van der Waals surface area (Å²) in [6, 6.07) is 3.35. The van der Waals surface area contributed by atoms with Crippen LogP contribution in [0, 0.1) is 5.92 Å². The number of nitrogens with one attached hydrogen (secondary N) is 1. The molecule has 0 bridgehead atoms. The van der Waals surface area contributed by atoms with Crippen LogP contribution in [0.4, 0.5) is 0 Å². The molecule has 0 spiro atoms. The molecule has 1 atom stereocenters. The summed E-state index contributed by atoms with van der Waals surface area (Å²) in [7, 11) is 1.72. The van der Waals surface area contributed by atoms with Crippen molar-refractivity contribution in [3.05, 3.63) is 22.4 Å². The van der Waals surface area contributed by atoms with Crippen molar-refractivity contribution in [3.63, 3.8) is 0 Å². The van der Waals surface area contributed by atoms with Gasteiger partial charge in [0.1, 0.15) is 0 Å². The molecule has 0 aliphatic carbocycles. The van der Waals surface area contributed by atoms with Crippen LogP contribution in [-0.2, 0) is 16.1 Å². The Balaban J connectivity index is 0.00000361. The van der Waals surface area contributed by atoms with Gasteiger partial charge in [0.15, 0.2) is 0 Å². The Morgan fingerprint density at radius 3 is 2.60 bits per heavy atom. The molecule has 0 aromatic carbocycles. The molecule has 1 heterocycles. The Bertz CT molecular complexity index is 423. The minimum absolute atomic E-state index is 0. The summed E-state index contributed by atoms with van der Waals surface area (Å²) in [6.45, 7) is 4.29. The molecule has 0 radical (unpaired) electrons. The van der Waals surface area contributed by atoms with Gasteiger partial charge in [-0.2, -0.15) is 0 Å². The fourth-order valence-electron chi connectivity index (χ4n) is 1.44. The van der Waals surface area contributed by atoms with E-state index in [-0.39, 0.29) is 36.7 Å². The van der Waals surface area contributed by atoms with Crippen molar-refractivity contribution in [1.82, 2.24) is 10.2 Å². The van der Waals surface area contributed by atoms with Gasteiger partial charge in [-0.1, -0.05) is 19.9 Å².